The molecule has 1 unspecified atom stereocenters. The Hall–Kier alpha value is -1.13. The van der Waals surface area contributed by atoms with E-state index in [2.05, 4.69) is 21.8 Å². The van der Waals surface area contributed by atoms with Gasteiger partial charge >= 0.3 is 0 Å². The summed E-state index contributed by atoms with van der Waals surface area (Å²) in [5.41, 5.74) is 0. The van der Waals surface area contributed by atoms with E-state index in [9.17, 15) is 0 Å². The van der Waals surface area contributed by atoms with Crippen LogP contribution in [0.25, 0.3) is 10.1 Å². The maximum atomic E-state index is 5.86. The number of nitrogens with one attached hydrogen (secondary N) is 1. The fourth-order valence-electron chi connectivity index (χ4n) is 2.23. The summed E-state index contributed by atoms with van der Waals surface area (Å²) in [7, 11) is 0. The number of benzene rings is 1. The molecule has 0 bridgehead atoms. The third-order valence-electron chi connectivity index (χ3n) is 3.20. The minimum atomic E-state index is 0.629. The predicted molar refractivity (Wildman–Crippen MR) is 70.7 cm³/mol. The monoisotopic (exact) mass is 248 g/mol. The van der Waals surface area contributed by atoms with E-state index in [-0.39, 0.29) is 0 Å². The lowest BCUT2D eigenvalue weighted by Gasteiger charge is -2.22. The van der Waals surface area contributed by atoms with Crippen molar-refractivity contribution in [3.63, 3.8) is 0 Å². The Bertz CT molecular complexity index is 491. The number of hydrogen-bond donors (Lipinski definition) is 1. The molecule has 0 spiro atoms. The van der Waals surface area contributed by atoms with E-state index < -0.39 is 0 Å². The van der Waals surface area contributed by atoms with Crippen LogP contribution in [0.4, 0.5) is 0 Å². The maximum absolute atomic E-state index is 5.86. The molecule has 0 saturated carbocycles. The van der Waals surface area contributed by atoms with E-state index in [1.165, 1.54) is 29.1 Å². The third kappa shape index (κ3) is 2.42. The normalized spacial score (nSPS) is 20.6. The molecule has 90 valence electrons. The zero-order valence-corrected chi connectivity index (χ0v) is 10.5. The first kappa shape index (κ1) is 11.0. The second kappa shape index (κ2) is 5.02. The number of aromatic nitrogens is 1. The molecular weight excluding hydrogens is 232 g/mol. The molecule has 1 aliphatic rings. The van der Waals surface area contributed by atoms with Gasteiger partial charge in [0, 0.05) is 12.5 Å². The summed E-state index contributed by atoms with van der Waals surface area (Å²) in [6.07, 6.45) is 2.51. The van der Waals surface area contributed by atoms with E-state index in [0.717, 1.165) is 31.0 Å². The van der Waals surface area contributed by atoms with Gasteiger partial charge in [0.25, 0.3) is 0 Å². The number of rotatable bonds is 3. The Morgan fingerprint density at radius 2 is 2.35 bits per heavy atom. The van der Waals surface area contributed by atoms with Crippen LogP contribution in [0.2, 0.25) is 0 Å². The first-order valence-corrected chi connectivity index (χ1v) is 6.89. The zero-order valence-electron chi connectivity index (χ0n) is 9.69. The number of fused-ring (bicyclic) bond motifs is 1. The highest BCUT2D eigenvalue weighted by molar-refractivity contribution is 7.13. The Kier molecular flexibility index (Phi) is 3.25. The number of nitrogens with zero attached hydrogens (tertiary/aromatic N) is 1. The molecule has 1 atom stereocenters. The first-order chi connectivity index (χ1) is 8.43. The summed E-state index contributed by atoms with van der Waals surface area (Å²) in [4.78, 5) is 0. The van der Waals surface area contributed by atoms with E-state index in [4.69, 9.17) is 4.74 Å². The number of hydrogen-bond acceptors (Lipinski definition) is 4. The molecule has 17 heavy (non-hydrogen) atoms. The number of ether oxygens (including phenoxy) is 1. The van der Waals surface area contributed by atoms with Crippen molar-refractivity contribution in [2.45, 2.75) is 12.8 Å². The van der Waals surface area contributed by atoms with Crippen molar-refractivity contribution >= 4 is 21.6 Å². The van der Waals surface area contributed by atoms with Crippen LogP contribution < -0.4 is 10.1 Å². The lowest BCUT2D eigenvalue weighted by molar-refractivity contribution is 0.215. The minimum absolute atomic E-state index is 0.629. The van der Waals surface area contributed by atoms with Gasteiger partial charge in [-0.1, -0.05) is 12.1 Å². The Morgan fingerprint density at radius 3 is 3.24 bits per heavy atom. The van der Waals surface area contributed by atoms with Gasteiger partial charge in [0.2, 0.25) is 5.88 Å². The molecule has 1 fully saturated rings. The van der Waals surface area contributed by atoms with Crippen molar-refractivity contribution in [2.75, 3.05) is 19.7 Å². The summed E-state index contributed by atoms with van der Waals surface area (Å²) in [5, 5.41) is 4.54. The smallest absolute Gasteiger partial charge is 0.233 e. The van der Waals surface area contributed by atoms with Crippen LogP contribution in [0.3, 0.4) is 0 Å². The van der Waals surface area contributed by atoms with Gasteiger partial charge in [-0.25, -0.2) is 0 Å². The fourth-order valence-corrected chi connectivity index (χ4v) is 2.96. The molecular formula is C13H16N2OS. The average molecular weight is 248 g/mol. The van der Waals surface area contributed by atoms with Gasteiger partial charge < -0.3 is 10.1 Å². The lowest BCUT2D eigenvalue weighted by atomic mass is 10.0. The lowest BCUT2D eigenvalue weighted by Crippen LogP contribution is -2.33. The predicted octanol–water partition coefficient (Wildman–Crippen LogP) is 2.67. The highest BCUT2D eigenvalue weighted by Crippen LogP contribution is 2.28. The van der Waals surface area contributed by atoms with Crippen LogP contribution in [0.5, 0.6) is 5.88 Å². The van der Waals surface area contributed by atoms with Crippen LogP contribution in [0.1, 0.15) is 12.8 Å². The van der Waals surface area contributed by atoms with Gasteiger partial charge in [-0.15, -0.1) is 0 Å². The van der Waals surface area contributed by atoms with Gasteiger partial charge in [-0.05, 0) is 43.1 Å². The molecule has 4 heteroatoms. The van der Waals surface area contributed by atoms with Crippen molar-refractivity contribution < 1.29 is 4.74 Å². The molecule has 0 amide bonds. The van der Waals surface area contributed by atoms with Crippen LogP contribution in [0.15, 0.2) is 24.3 Å². The summed E-state index contributed by atoms with van der Waals surface area (Å²) < 4.78 is 11.4. The van der Waals surface area contributed by atoms with Crippen molar-refractivity contribution in [3.8, 4) is 5.88 Å². The summed E-state index contributed by atoms with van der Waals surface area (Å²) in [6.45, 7) is 3.00. The van der Waals surface area contributed by atoms with Crippen molar-refractivity contribution in [1.82, 2.24) is 9.69 Å². The second-order valence-corrected chi connectivity index (χ2v) is 5.31. The van der Waals surface area contributed by atoms with Gasteiger partial charge in [-0.2, -0.15) is 4.37 Å². The zero-order chi connectivity index (χ0) is 11.5. The molecule has 3 nitrogen and oxygen atoms in total. The standard InChI is InChI=1S/C13H16N2OS/c1-2-6-12-11(5-1)13(15-17-12)16-9-10-4-3-7-14-8-10/h1-2,5-6,10,14H,3-4,7-9H2. The third-order valence-corrected chi connectivity index (χ3v) is 4.01. The molecule has 0 radical (unpaired) electrons. The molecule has 1 N–H and O–H groups in total. The molecule has 0 aliphatic carbocycles. The summed E-state index contributed by atoms with van der Waals surface area (Å²) in [6, 6.07) is 8.23. The summed E-state index contributed by atoms with van der Waals surface area (Å²) >= 11 is 1.51. The molecule has 1 aliphatic heterocycles. The van der Waals surface area contributed by atoms with Crippen molar-refractivity contribution in [2.24, 2.45) is 5.92 Å². The highest BCUT2D eigenvalue weighted by atomic mass is 32.1. The van der Waals surface area contributed by atoms with Crippen LogP contribution in [-0.4, -0.2) is 24.1 Å². The van der Waals surface area contributed by atoms with Crippen LogP contribution in [0, 0.1) is 5.92 Å². The average Bonchev–Trinajstić information content (AvgIpc) is 2.81. The van der Waals surface area contributed by atoms with Gasteiger partial charge in [0.05, 0.1) is 16.7 Å². The maximum Gasteiger partial charge on any atom is 0.233 e. The Labute approximate surface area is 105 Å². The minimum Gasteiger partial charge on any atom is -0.476 e. The van der Waals surface area contributed by atoms with Crippen molar-refractivity contribution in [3.05, 3.63) is 24.3 Å². The highest BCUT2D eigenvalue weighted by Gasteiger charge is 2.15. The molecule has 2 aromatic rings. The van der Waals surface area contributed by atoms with Gasteiger partial charge in [0.15, 0.2) is 0 Å². The first-order valence-electron chi connectivity index (χ1n) is 6.11. The largest absolute Gasteiger partial charge is 0.476 e. The molecule has 3 rings (SSSR count). The SMILES string of the molecule is c1ccc2c(OCC3CCCNC3)nsc2c1. The van der Waals surface area contributed by atoms with Crippen LogP contribution >= 0.6 is 11.5 Å². The van der Waals surface area contributed by atoms with E-state index in [1.54, 1.807) is 0 Å². The van der Waals surface area contributed by atoms with Crippen LogP contribution in [-0.2, 0) is 0 Å². The Morgan fingerprint density at radius 1 is 1.41 bits per heavy atom. The molecule has 1 aromatic heterocycles. The molecule has 2 heterocycles. The van der Waals surface area contributed by atoms with Crippen molar-refractivity contribution in [1.29, 1.82) is 0 Å². The number of piperidine rings is 1. The topological polar surface area (TPSA) is 34.1 Å². The fraction of sp³-hybridized carbons (Fsp3) is 0.462. The second-order valence-electron chi connectivity index (χ2n) is 4.51. The molecule has 1 aromatic carbocycles. The van der Waals surface area contributed by atoms with E-state index in [1.807, 2.05) is 12.1 Å². The van der Waals surface area contributed by atoms with E-state index >= 15 is 0 Å². The van der Waals surface area contributed by atoms with Gasteiger partial charge in [-0.3, -0.25) is 0 Å². The quantitative estimate of drug-likeness (QED) is 0.906. The molecule has 1 saturated heterocycles. The Balaban J connectivity index is 1.68. The van der Waals surface area contributed by atoms with Gasteiger partial charge in [0.1, 0.15) is 0 Å². The van der Waals surface area contributed by atoms with E-state index in [0.29, 0.717) is 5.92 Å². The summed E-state index contributed by atoms with van der Waals surface area (Å²) in [5.74, 6) is 1.43.